The van der Waals surface area contributed by atoms with Crippen LogP contribution in [-0.2, 0) is 11.3 Å². The quantitative estimate of drug-likeness (QED) is 0.863. The van der Waals surface area contributed by atoms with Crippen molar-refractivity contribution < 1.29 is 9.15 Å². The van der Waals surface area contributed by atoms with Gasteiger partial charge < -0.3 is 14.1 Å². The minimum Gasteiger partial charge on any atom is -0.472 e. The zero-order valence-electron chi connectivity index (χ0n) is 13.2. The van der Waals surface area contributed by atoms with Gasteiger partial charge in [0.1, 0.15) is 5.82 Å². The van der Waals surface area contributed by atoms with E-state index in [-0.39, 0.29) is 5.60 Å². The van der Waals surface area contributed by atoms with Gasteiger partial charge in [-0.05, 0) is 18.9 Å². The summed E-state index contributed by atoms with van der Waals surface area (Å²) in [7, 11) is 0. The summed E-state index contributed by atoms with van der Waals surface area (Å²) in [6.07, 6.45) is 11.1. The molecule has 2 aromatic rings. The Bertz CT molecular complexity index is 615. The molecule has 0 saturated carbocycles. The zero-order chi connectivity index (χ0) is 15.5. The van der Waals surface area contributed by atoms with Crippen molar-refractivity contribution in [2.75, 3.05) is 37.7 Å². The molecule has 0 unspecified atom stereocenters. The van der Waals surface area contributed by atoms with Crippen LogP contribution >= 0.6 is 0 Å². The number of piperidine rings is 1. The highest BCUT2D eigenvalue weighted by atomic mass is 16.5. The second kappa shape index (κ2) is 6.29. The molecule has 122 valence electrons. The van der Waals surface area contributed by atoms with Crippen LogP contribution in [0.5, 0.6) is 0 Å². The van der Waals surface area contributed by atoms with Gasteiger partial charge in [0.25, 0.3) is 0 Å². The number of morpholine rings is 1. The Hall–Kier alpha value is -1.92. The summed E-state index contributed by atoms with van der Waals surface area (Å²) in [6, 6.07) is 2.04. The van der Waals surface area contributed by atoms with Crippen LogP contribution < -0.4 is 4.90 Å². The fraction of sp³-hybridized carbons (Fsp3) is 0.529. The van der Waals surface area contributed by atoms with Crippen molar-refractivity contribution >= 4 is 5.82 Å². The van der Waals surface area contributed by atoms with Crippen LogP contribution in [0.1, 0.15) is 18.4 Å². The molecule has 23 heavy (non-hydrogen) atoms. The van der Waals surface area contributed by atoms with Gasteiger partial charge in [0.2, 0.25) is 0 Å². The highest BCUT2D eigenvalue weighted by Gasteiger charge is 2.40. The van der Waals surface area contributed by atoms with Crippen LogP contribution in [0.15, 0.2) is 41.6 Å². The van der Waals surface area contributed by atoms with Crippen LogP contribution in [-0.4, -0.2) is 53.3 Å². The smallest absolute Gasteiger partial charge is 0.147 e. The Balaban J connectivity index is 1.46. The Kier molecular flexibility index (Phi) is 4.01. The molecule has 2 saturated heterocycles. The second-order valence-electron chi connectivity index (χ2n) is 6.46. The number of furan rings is 1. The molecule has 0 aliphatic carbocycles. The van der Waals surface area contributed by atoms with Gasteiger partial charge >= 0.3 is 0 Å². The van der Waals surface area contributed by atoms with Gasteiger partial charge in [0.15, 0.2) is 0 Å². The maximum atomic E-state index is 6.25. The minimum atomic E-state index is -0.0994. The molecule has 0 amide bonds. The van der Waals surface area contributed by atoms with E-state index in [0.717, 1.165) is 58.0 Å². The predicted molar refractivity (Wildman–Crippen MR) is 86.1 cm³/mol. The molecular formula is C17H22N4O2. The van der Waals surface area contributed by atoms with E-state index in [9.17, 15) is 0 Å². The normalized spacial score (nSPS) is 25.8. The van der Waals surface area contributed by atoms with Crippen LogP contribution in [0.2, 0.25) is 0 Å². The summed E-state index contributed by atoms with van der Waals surface area (Å²) in [5.74, 6) is 0.946. The van der Waals surface area contributed by atoms with Crippen molar-refractivity contribution in [2.24, 2.45) is 0 Å². The van der Waals surface area contributed by atoms with Crippen LogP contribution in [0, 0.1) is 0 Å². The van der Waals surface area contributed by atoms with E-state index >= 15 is 0 Å². The number of aromatic nitrogens is 2. The van der Waals surface area contributed by atoms with Crippen LogP contribution in [0.4, 0.5) is 5.82 Å². The number of nitrogens with zero attached hydrogens (tertiary/aromatic N) is 4. The van der Waals surface area contributed by atoms with E-state index in [0.29, 0.717) is 0 Å². The number of anilines is 1. The fourth-order valence-electron chi connectivity index (χ4n) is 3.69. The largest absolute Gasteiger partial charge is 0.472 e. The summed E-state index contributed by atoms with van der Waals surface area (Å²) in [5.41, 5.74) is 1.13. The van der Waals surface area contributed by atoms with E-state index in [4.69, 9.17) is 9.15 Å². The van der Waals surface area contributed by atoms with Gasteiger partial charge in [0, 0.05) is 50.7 Å². The molecule has 0 bridgehead atoms. The molecule has 0 radical (unpaired) electrons. The standard InChI is InChI=1S/C17H22N4O2/c1-3-17(14-21(6-1)16-10-18-4-5-19-16)13-20(7-9-23-17)11-15-2-8-22-12-15/h2,4-5,8,10,12H,1,3,6-7,9,11,13-14H2/t17-/m0/s1. The molecule has 2 aromatic heterocycles. The molecule has 2 aliphatic rings. The number of hydrogen-bond donors (Lipinski definition) is 0. The average Bonchev–Trinajstić information content (AvgIpc) is 3.09. The SMILES string of the molecule is c1cnc(N2CCC[C@]3(CN(Cc4ccoc4)CCO3)C2)cn1. The Morgan fingerprint density at radius 3 is 3.04 bits per heavy atom. The number of rotatable bonds is 3. The zero-order valence-corrected chi connectivity index (χ0v) is 13.2. The summed E-state index contributed by atoms with van der Waals surface area (Å²) < 4.78 is 11.4. The monoisotopic (exact) mass is 314 g/mol. The predicted octanol–water partition coefficient (Wildman–Crippen LogP) is 1.94. The van der Waals surface area contributed by atoms with E-state index < -0.39 is 0 Å². The Labute approximate surface area is 136 Å². The Morgan fingerprint density at radius 2 is 2.22 bits per heavy atom. The van der Waals surface area contributed by atoms with E-state index in [1.54, 1.807) is 18.7 Å². The van der Waals surface area contributed by atoms with E-state index in [1.807, 2.05) is 18.5 Å². The van der Waals surface area contributed by atoms with Crippen molar-refractivity contribution in [3.8, 4) is 0 Å². The number of hydrogen-bond acceptors (Lipinski definition) is 6. The molecule has 4 heterocycles. The molecule has 6 nitrogen and oxygen atoms in total. The van der Waals surface area contributed by atoms with Gasteiger partial charge in [-0.15, -0.1) is 0 Å². The first-order chi connectivity index (χ1) is 11.3. The number of ether oxygens (including phenoxy) is 1. The van der Waals surface area contributed by atoms with Gasteiger partial charge in [-0.3, -0.25) is 9.88 Å². The summed E-state index contributed by atoms with van der Waals surface area (Å²) in [6.45, 7) is 5.53. The molecule has 1 spiro atoms. The molecule has 2 aliphatic heterocycles. The fourth-order valence-corrected chi connectivity index (χ4v) is 3.69. The third-order valence-corrected chi connectivity index (χ3v) is 4.73. The minimum absolute atomic E-state index is 0.0994. The van der Waals surface area contributed by atoms with Crippen molar-refractivity contribution in [1.29, 1.82) is 0 Å². The van der Waals surface area contributed by atoms with Gasteiger partial charge in [0.05, 0.1) is 30.9 Å². The van der Waals surface area contributed by atoms with E-state index in [1.165, 1.54) is 5.56 Å². The summed E-state index contributed by atoms with van der Waals surface area (Å²) >= 11 is 0. The summed E-state index contributed by atoms with van der Waals surface area (Å²) in [5, 5.41) is 0. The van der Waals surface area contributed by atoms with Gasteiger partial charge in [-0.2, -0.15) is 0 Å². The lowest BCUT2D eigenvalue weighted by molar-refractivity contribution is -0.116. The lowest BCUT2D eigenvalue weighted by atomic mass is 9.90. The van der Waals surface area contributed by atoms with Crippen molar-refractivity contribution in [3.05, 3.63) is 42.7 Å². The van der Waals surface area contributed by atoms with Gasteiger partial charge in [-0.1, -0.05) is 0 Å². The summed E-state index contributed by atoms with van der Waals surface area (Å²) in [4.78, 5) is 13.4. The highest BCUT2D eigenvalue weighted by Crippen LogP contribution is 2.31. The van der Waals surface area contributed by atoms with E-state index in [2.05, 4.69) is 19.8 Å². The topological polar surface area (TPSA) is 54.6 Å². The first-order valence-electron chi connectivity index (χ1n) is 8.21. The molecule has 0 N–H and O–H groups in total. The lowest BCUT2D eigenvalue weighted by Gasteiger charge is -2.48. The highest BCUT2D eigenvalue weighted by molar-refractivity contribution is 5.36. The third kappa shape index (κ3) is 3.23. The maximum absolute atomic E-state index is 6.25. The van der Waals surface area contributed by atoms with Crippen LogP contribution in [0.3, 0.4) is 0 Å². The molecule has 4 rings (SSSR count). The van der Waals surface area contributed by atoms with Crippen molar-refractivity contribution in [1.82, 2.24) is 14.9 Å². The van der Waals surface area contributed by atoms with Crippen molar-refractivity contribution in [3.63, 3.8) is 0 Å². The van der Waals surface area contributed by atoms with Gasteiger partial charge in [-0.25, -0.2) is 4.98 Å². The van der Waals surface area contributed by atoms with Crippen LogP contribution in [0.25, 0.3) is 0 Å². The molecular weight excluding hydrogens is 292 g/mol. The molecule has 0 aromatic carbocycles. The average molecular weight is 314 g/mol. The molecule has 2 fully saturated rings. The third-order valence-electron chi connectivity index (χ3n) is 4.73. The Morgan fingerprint density at radius 1 is 1.22 bits per heavy atom. The first-order valence-corrected chi connectivity index (χ1v) is 8.21. The first kappa shape index (κ1) is 14.7. The molecule has 6 heteroatoms. The van der Waals surface area contributed by atoms with Crippen molar-refractivity contribution in [2.45, 2.75) is 25.0 Å². The maximum Gasteiger partial charge on any atom is 0.147 e. The molecule has 1 atom stereocenters. The lowest BCUT2D eigenvalue weighted by Crippen LogP contribution is -2.59. The second-order valence-corrected chi connectivity index (χ2v) is 6.46.